The molecule has 112 valence electrons. The van der Waals surface area contributed by atoms with Gasteiger partial charge in [-0.25, -0.2) is 0 Å². The fraction of sp³-hybridized carbons (Fsp3) is 0.733. The van der Waals surface area contributed by atoms with Gasteiger partial charge in [0.2, 0.25) is 11.8 Å². The van der Waals surface area contributed by atoms with Crippen LogP contribution in [0.3, 0.4) is 0 Å². The van der Waals surface area contributed by atoms with Crippen LogP contribution in [0.1, 0.15) is 46.2 Å². The van der Waals surface area contributed by atoms with E-state index in [2.05, 4.69) is 43.1 Å². The lowest BCUT2D eigenvalue weighted by molar-refractivity contribution is -0.117. The predicted octanol–water partition coefficient (Wildman–Crippen LogP) is 2.64. The molecule has 20 heavy (non-hydrogen) atoms. The number of piperidine rings is 1. The third-order valence-electron chi connectivity index (χ3n) is 3.65. The number of amides is 1. The SMILES string of the molecule is CC1CCCN(CC(=O)Nc2cc(C(C)(C)C)no2)C1. The summed E-state index contributed by atoms with van der Waals surface area (Å²) in [6.45, 7) is 10.8. The molecule has 0 radical (unpaired) electrons. The van der Waals surface area contributed by atoms with Gasteiger partial charge in [0.1, 0.15) is 0 Å². The van der Waals surface area contributed by atoms with Crippen LogP contribution in [-0.4, -0.2) is 35.6 Å². The summed E-state index contributed by atoms with van der Waals surface area (Å²) in [5, 5.41) is 6.78. The van der Waals surface area contributed by atoms with E-state index in [-0.39, 0.29) is 11.3 Å². The van der Waals surface area contributed by atoms with Gasteiger partial charge < -0.3 is 4.52 Å². The highest BCUT2D eigenvalue weighted by atomic mass is 16.5. The first-order chi connectivity index (χ1) is 9.34. The quantitative estimate of drug-likeness (QED) is 0.924. The smallest absolute Gasteiger partial charge is 0.240 e. The van der Waals surface area contributed by atoms with Gasteiger partial charge in [-0.1, -0.05) is 32.9 Å². The Morgan fingerprint density at radius 1 is 1.55 bits per heavy atom. The molecule has 1 saturated heterocycles. The molecule has 1 aromatic rings. The Balaban J connectivity index is 1.86. The minimum Gasteiger partial charge on any atom is -0.338 e. The van der Waals surface area contributed by atoms with E-state index >= 15 is 0 Å². The molecule has 1 amide bonds. The summed E-state index contributed by atoms with van der Waals surface area (Å²) in [5.41, 5.74) is 0.772. The van der Waals surface area contributed by atoms with Crippen LogP contribution in [0.25, 0.3) is 0 Å². The maximum absolute atomic E-state index is 12.0. The van der Waals surface area contributed by atoms with Gasteiger partial charge in [0.05, 0.1) is 12.2 Å². The molecule has 1 aliphatic rings. The number of carbonyl (C=O) groups is 1. The molecular formula is C15H25N3O2. The molecule has 2 heterocycles. The molecule has 0 aliphatic carbocycles. The molecule has 0 bridgehead atoms. The largest absolute Gasteiger partial charge is 0.338 e. The zero-order valence-electron chi connectivity index (χ0n) is 12.9. The Bertz CT molecular complexity index is 462. The second kappa shape index (κ2) is 5.95. The number of nitrogens with one attached hydrogen (secondary N) is 1. The number of hydrogen-bond acceptors (Lipinski definition) is 4. The van der Waals surface area contributed by atoms with Gasteiger partial charge in [-0.2, -0.15) is 0 Å². The summed E-state index contributed by atoms with van der Waals surface area (Å²) >= 11 is 0. The van der Waals surface area contributed by atoms with Crippen molar-refractivity contribution in [2.45, 2.75) is 46.0 Å². The molecule has 2 rings (SSSR count). The zero-order chi connectivity index (χ0) is 14.8. The third kappa shape index (κ3) is 4.07. The second-order valence-electron chi connectivity index (χ2n) is 6.86. The van der Waals surface area contributed by atoms with Crippen molar-refractivity contribution in [2.75, 3.05) is 25.0 Å². The lowest BCUT2D eigenvalue weighted by Crippen LogP contribution is -2.39. The van der Waals surface area contributed by atoms with Crippen LogP contribution in [0, 0.1) is 5.92 Å². The number of hydrogen-bond donors (Lipinski definition) is 1. The maximum Gasteiger partial charge on any atom is 0.240 e. The molecule has 0 aromatic carbocycles. The van der Waals surface area contributed by atoms with E-state index in [1.165, 1.54) is 12.8 Å². The standard InChI is InChI=1S/C15H25N3O2/c1-11-6-5-7-18(9-11)10-13(19)16-14-8-12(17-20-14)15(2,3)4/h8,11H,5-7,9-10H2,1-4H3,(H,16,19). The fourth-order valence-corrected chi connectivity index (χ4v) is 2.50. The number of likely N-dealkylation sites (tertiary alicyclic amines) is 1. The maximum atomic E-state index is 12.0. The first-order valence-corrected chi connectivity index (χ1v) is 7.34. The Labute approximate surface area is 120 Å². The van der Waals surface area contributed by atoms with Crippen molar-refractivity contribution < 1.29 is 9.32 Å². The van der Waals surface area contributed by atoms with Gasteiger partial charge in [-0.05, 0) is 25.3 Å². The Morgan fingerprint density at radius 2 is 2.30 bits per heavy atom. The van der Waals surface area contributed by atoms with E-state index in [0.717, 1.165) is 18.8 Å². The van der Waals surface area contributed by atoms with Crippen LogP contribution >= 0.6 is 0 Å². The molecule has 1 unspecified atom stereocenters. The Morgan fingerprint density at radius 3 is 2.90 bits per heavy atom. The van der Waals surface area contributed by atoms with E-state index in [9.17, 15) is 4.79 Å². The fourth-order valence-electron chi connectivity index (χ4n) is 2.50. The minimum absolute atomic E-state index is 0.0318. The molecule has 1 aliphatic heterocycles. The summed E-state index contributed by atoms with van der Waals surface area (Å²) in [7, 11) is 0. The molecule has 1 atom stereocenters. The van der Waals surface area contributed by atoms with Crippen LogP contribution in [0.15, 0.2) is 10.6 Å². The van der Waals surface area contributed by atoms with Crippen LogP contribution in [0.2, 0.25) is 0 Å². The monoisotopic (exact) mass is 279 g/mol. The molecular weight excluding hydrogens is 254 g/mol. The average molecular weight is 279 g/mol. The first-order valence-electron chi connectivity index (χ1n) is 7.34. The average Bonchev–Trinajstić information content (AvgIpc) is 2.76. The zero-order valence-corrected chi connectivity index (χ0v) is 12.9. The lowest BCUT2D eigenvalue weighted by Gasteiger charge is -2.29. The third-order valence-corrected chi connectivity index (χ3v) is 3.65. The molecule has 1 aromatic heterocycles. The summed E-state index contributed by atoms with van der Waals surface area (Å²) in [5.74, 6) is 1.08. The minimum atomic E-state index is -0.0746. The van der Waals surface area contributed by atoms with Gasteiger partial charge >= 0.3 is 0 Å². The molecule has 1 fully saturated rings. The van der Waals surface area contributed by atoms with Gasteiger partial charge in [0.25, 0.3) is 0 Å². The van der Waals surface area contributed by atoms with E-state index in [4.69, 9.17) is 4.52 Å². The van der Waals surface area contributed by atoms with Crippen LogP contribution < -0.4 is 5.32 Å². The van der Waals surface area contributed by atoms with Gasteiger partial charge in [0, 0.05) is 18.0 Å². The van der Waals surface area contributed by atoms with Gasteiger partial charge in [-0.3, -0.25) is 15.0 Å². The van der Waals surface area contributed by atoms with Crippen molar-refractivity contribution >= 4 is 11.8 Å². The summed E-state index contributed by atoms with van der Waals surface area (Å²) in [6, 6.07) is 1.80. The number of nitrogens with zero attached hydrogens (tertiary/aromatic N) is 2. The Kier molecular flexibility index (Phi) is 4.48. The molecule has 0 spiro atoms. The predicted molar refractivity (Wildman–Crippen MR) is 78.7 cm³/mol. The number of carbonyl (C=O) groups excluding carboxylic acids is 1. The van der Waals surface area contributed by atoms with Crippen molar-refractivity contribution in [1.82, 2.24) is 10.1 Å². The van der Waals surface area contributed by atoms with Crippen molar-refractivity contribution in [2.24, 2.45) is 5.92 Å². The highest BCUT2D eigenvalue weighted by Gasteiger charge is 2.21. The van der Waals surface area contributed by atoms with Gasteiger partial charge in [0.15, 0.2) is 0 Å². The summed E-state index contributed by atoms with van der Waals surface area (Å²) in [4.78, 5) is 14.2. The number of anilines is 1. The summed E-state index contributed by atoms with van der Waals surface area (Å²) < 4.78 is 5.17. The van der Waals surface area contributed by atoms with E-state index < -0.39 is 0 Å². The van der Waals surface area contributed by atoms with Crippen molar-refractivity contribution in [3.8, 4) is 0 Å². The van der Waals surface area contributed by atoms with Crippen molar-refractivity contribution in [1.29, 1.82) is 0 Å². The topological polar surface area (TPSA) is 58.4 Å². The Hall–Kier alpha value is -1.36. The summed E-state index contributed by atoms with van der Waals surface area (Å²) in [6.07, 6.45) is 2.43. The van der Waals surface area contributed by atoms with Crippen molar-refractivity contribution in [3.05, 3.63) is 11.8 Å². The molecule has 1 N–H and O–H groups in total. The van der Waals surface area contributed by atoms with Gasteiger partial charge in [-0.15, -0.1) is 0 Å². The van der Waals surface area contributed by atoms with Crippen molar-refractivity contribution in [3.63, 3.8) is 0 Å². The van der Waals surface area contributed by atoms with E-state index in [1.54, 1.807) is 6.07 Å². The first kappa shape index (κ1) is 15.0. The lowest BCUT2D eigenvalue weighted by atomic mass is 9.92. The number of rotatable bonds is 3. The highest BCUT2D eigenvalue weighted by molar-refractivity contribution is 5.91. The number of aromatic nitrogens is 1. The molecule has 5 nitrogen and oxygen atoms in total. The normalized spacial score (nSPS) is 20.9. The van der Waals surface area contributed by atoms with E-state index in [0.29, 0.717) is 18.3 Å². The molecule has 5 heteroatoms. The van der Waals surface area contributed by atoms with Crippen LogP contribution in [0.4, 0.5) is 5.88 Å². The second-order valence-corrected chi connectivity index (χ2v) is 6.86. The van der Waals surface area contributed by atoms with Crippen LogP contribution in [-0.2, 0) is 10.2 Å². The van der Waals surface area contributed by atoms with Crippen LogP contribution in [0.5, 0.6) is 0 Å². The molecule has 0 saturated carbocycles. The van der Waals surface area contributed by atoms with E-state index in [1.807, 2.05) is 0 Å². The highest BCUT2D eigenvalue weighted by Crippen LogP contribution is 2.23.